The van der Waals surface area contributed by atoms with Crippen LogP contribution in [-0.2, 0) is 6.42 Å². The number of amides is 1. The van der Waals surface area contributed by atoms with Crippen LogP contribution in [-0.4, -0.2) is 37.1 Å². The molecule has 11 nitrogen and oxygen atoms in total. The maximum atomic E-state index is 11.5. The molecule has 5 rings (SSSR count). The number of aryl methyl sites for hydroxylation is 1. The van der Waals surface area contributed by atoms with Crippen molar-refractivity contribution in [1.82, 2.24) is 19.6 Å². The standard InChI is InChI=1S/C25H23ClN8O3S/c26-18-12-16(11-17(22(18)35)23(28)36)38-33-15-7-5-14(6-8-15)3-1-9-29-21-13-20(27)34-25(30-21)31-24(32-34)19-4-2-10-37-19/h2,4-8,10-13,33,35H,1,3,9,27H2,(H2,28,36)(H,29,30,31,32). The van der Waals surface area contributed by atoms with Crippen molar-refractivity contribution in [2.75, 3.05) is 22.3 Å². The van der Waals surface area contributed by atoms with Gasteiger partial charge >= 0.3 is 0 Å². The molecule has 2 aromatic carbocycles. The molecule has 38 heavy (non-hydrogen) atoms. The number of nitrogen functional groups attached to an aromatic ring is 1. The maximum absolute atomic E-state index is 11.5. The monoisotopic (exact) mass is 550 g/mol. The lowest BCUT2D eigenvalue weighted by Gasteiger charge is -2.10. The fraction of sp³-hybridized carbons (Fsp3) is 0.120. The summed E-state index contributed by atoms with van der Waals surface area (Å²) in [6.07, 6.45) is 3.30. The SMILES string of the molecule is NC(=O)c1cc(SNc2ccc(CCCNc3cc(N)n4nc(-c5ccco5)nc4n3)cc2)cc(Cl)c1O. The van der Waals surface area contributed by atoms with E-state index in [1.165, 1.54) is 28.1 Å². The third kappa shape index (κ3) is 5.61. The number of nitrogens with two attached hydrogens (primary N) is 2. The number of carbonyl (C=O) groups excluding carboxylic acids is 1. The van der Waals surface area contributed by atoms with Gasteiger partial charge in [0.25, 0.3) is 11.7 Å². The molecule has 0 aliphatic heterocycles. The van der Waals surface area contributed by atoms with E-state index in [-0.39, 0.29) is 16.3 Å². The number of benzene rings is 2. The summed E-state index contributed by atoms with van der Waals surface area (Å²) in [7, 11) is 0. The van der Waals surface area contributed by atoms with Gasteiger partial charge in [-0.05, 0) is 66.8 Å². The molecule has 0 aliphatic rings. The van der Waals surface area contributed by atoms with E-state index in [0.29, 0.717) is 40.4 Å². The number of carbonyl (C=O) groups is 1. The van der Waals surface area contributed by atoms with Crippen LogP contribution >= 0.6 is 23.5 Å². The van der Waals surface area contributed by atoms with Crippen molar-refractivity contribution < 1.29 is 14.3 Å². The average Bonchev–Trinajstić information content (AvgIpc) is 3.58. The van der Waals surface area contributed by atoms with E-state index in [9.17, 15) is 9.90 Å². The Morgan fingerprint density at radius 2 is 1.97 bits per heavy atom. The van der Waals surface area contributed by atoms with Crippen LogP contribution in [0.3, 0.4) is 0 Å². The van der Waals surface area contributed by atoms with E-state index in [4.69, 9.17) is 27.5 Å². The number of aromatic nitrogens is 4. The molecule has 0 radical (unpaired) electrons. The summed E-state index contributed by atoms with van der Waals surface area (Å²) in [4.78, 5) is 21.0. The van der Waals surface area contributed by atoms with Crippen LogP contribution in [0.15, 0.2) is 70.2 Å². The van der Waals surface area contributed by atoms with Gasteiger partial charge in [0.2, 0.25) is 5.82 Å². The Labute approximate surface area is 226 Å². The highest BCUT2D eigenvalue weighted by Crippen LogP contribution is 2.33. The minimum atomic E-state index is -0.747. The van der Waals surface area contributed by atoms with Gasteiger partial charge in [-0.25, -0.2) is 0 Å². The van der Waals surface area contributed by atoms with Crippen molar-refractivity contribution in [3.63, 3.8) is 0 Å². The number of furan rings is 1. The second-order valence-corrected chi connectivity index (χ2v) is 9.57. The van der Waals surface area contributed by atoms with E-state index in [1.54, 1.807) is 30.5 Å². The first-order chi connectivity index (χ1) is 18.4. The number of nitrogens with zero attached hydrogens (tertiary/aromatic N) is 4. The highest BCUT2D eigenvalue weighted by molar-refractivity contribution is 8.00. The van der Waals surface area contributed by atoms with Crippen molar-refractivity contribution in [1.29, 1.82) is 0 Å². The lowest BCUT2D eigenvalue weighted by molar-refractivity contribution is 0.0997. The van der Waals surface area contributed by atoms with Crippen LogP contribution in [0.1, 0.15) is 22.3 Å². The predicted octanol–water partition coefficient (Wildman–Crippen LogP) is 4.59. The van der Waals surface area contributed by atoms with Crippen molar-refractivity contribution in [2.45, 2.75) is 17.7 Å². The summed E-state index contributed by atoms with van der Waals surface area (Å²) in [5.41, 5.74) is 13.5. The van der Waals surface area contributed by atoms with Crippen LogP contribution in [0.25, 0.3) is 17.4 Å². The summed E-state index contributed by atoms with van der Waals surface area (Å²) in [5.74, 6) is 1.34. The molecule has 13 heteroatoms. The highest BCUT2D eigenvalue weighted by atomic mass is 35.5. The Hall–Kier alpha value is -4.42. The second-order valence-electron chi connectivity index (χ2n) is 8.29. The van der Waals surface area contributed by atoms with Crippen molar-refractivity contribution >= 4 is 52.6 Å². The van der Waals surface area contributed by atoms with Crippen LogP contribution in [0.4, 0.5) is 17.3 Å². The predicted molar refractivity (Wildman–Crippen MR) is 147 cm³/mol. The van der Waals surface area contributed by atoms with Gasteiger partial charge in [-0.3, -0.25) is 4.79 Å². The molecule has 0 spiro atoms. The van der Waals surface area contributed by atoms with E-state index in [2.05, 4.69) is 25.1 Å². The molecule has 1 amide bonds. The molecule has 0 bridgehead atoms. The molecule has 5 aromatic rings. The maximum Gasteiger partial charge on any atom is 0.256 e. The molecule has 0 atom stereocenters. The Balaban J connectivity index is 1.12. The lowest BCUT2D eigenvalue weighted by atomic mass is 10.1. The number of primary amides is 1. The zero-order chi connectivity index (χ0) is 26.6. The van der Waals surface area contributed by atoms with Gasteiger partial charge in [0.05, 0.1) is 16.8 Å². The molecular weight excluding hydrogens is 528 g/mol. The van der Waals surface area contributed by atoms with Crippen molar-refractivity contribution in [3.8, 4) is 17.3 Å². The van der Waals surface area contributed by atoms with Crippen molar-refractivity contribution in [2.24, 2.45) is 5.73 Å². The average molecular weight is 551 g/mol. The van der Waals surface area contributed by atoms with Gasteiger partial charge in [0, 0.05) is 23.2 Å². The van der Waals surface area contributed by atoms with E-state index >= 15 is 0 Å². The first-order valence-electron chi connectivity index (χ1n) is 11.5. The second kappa shape index (κ2) is 10.9. The molecular formula is C25H23ClN8O3S. The zero-order valence-electron chi connectivity index (χ0n) is 19.9. The van der Waals surface area contributed by atoms with Gasteiger partial charge < -0.3 is 31.0 Å². The quantitative estimate of drug-likeness (QED) is 0.122. The zero-order valence-corrected chi connectivity index (χ0v) is 21.5. The number of anilines is 3. The lowest BCUT2D eigenvalue weighted by Crippen LogP contribution is -2.11. The van der Waals surface area contributed by atoms with E-state index in [1.807, 2.05) is 24.3 Å². The van der Waals surface area contributed by atoms with Crippen LogP contribution in [0, 0.1) is 0 Å². The van der Waals surface area contributed by atoms with E-state index in [0.717, 1.165) is 18.5 Å². The number of rotatable bonds is 10. The van der Waals surface area contributed by atoms with Crippen LogP contribution in [0.2, 0.25) is 5.02 Å². The molecule has 0 fully saturated rings. The molecule has 0 saturated heterocycles. The summed E-state index contributed by atoms with van der Waals surface area (Å²) < 4.78 is 10.0. The Bertz CT molecular complexity index is 1590. The summed E-state index contributed by atoms with van der Waals surface area (Å²) >= 11 is 7.25. The summed E-state index contributed by atoms with van der Waals surface area (Å²) in [6, 6.07) is 16.3. The Morgan fingerprint density at radius 1 is 1.16 bits per heavy atom. The number of aromatic hydroxyl groups is 1. The van der Waals surface area contributed by atoms with Gasteiger partial charge in [0.15, 0.2) is 5.76 Å². The minimum absolute atomic E-state index is 0.0244. The minimum Gasteiger partial charge on any atom is -0.506 e. The number of hydrogen-bond acceptors (Lipinski definition) is 10. The normalized spacial score (nSPS) is 11.1. The molecule has 7 N–H and O–H groups in total. The smallest absolute Gasteiger partial charge is 0.256 e. The molecule has 3 aromatic heterocycles. The highest BCUT2D eigenvalue weighted by Gasteiger charge is 2.14. The van der Waals surface area contributed by atoms with Crippen LogP contribution in [0.5, 0.6) is 5.75 Å². The fourth-order valence-corrected chi connectivity index (χ4v) is 4.69. The molecule has 194 valence electrons. The topological polar surface area (TPSA) is 170 Å². The van der Waals surface area contributed by atoms with E-state index < -0.39 is 5.91 Å². The van der Waals surface area contributed by atoms with Gasteiger partial charge in [-0.1, -0.05) is 23.7 Å². The Kier molecular flexibility index (Phi) is 7.24. The van der Waals surface area contributed by atoms with Gasteiger partial charge in [0.1, 0.15) is 17.4 Å². The number of fused-ring (bicyclic) bond motifs is 1. The number of nitrogens with one attached hydrogen (secondary N) is 2. The third-order valence-corrected chi connectivity index (χ3v) is 6.67. The molecule has 3 heterocycles. The number of hydrogen-bond donors (Lipinski definition) is 5. The van der Waals surface area contributed by atoms with Gasteiger partial charge in [-0.2, -0.15) is 14.5 Å². The number of phenols is 1. The largest absolute Gasteiger partial charge is 0.506 e. The fourth-order valence-electron chi connectivity index (χ4n) is 3.68. The summed E-state index contributed by atoms with van der Waals surface area (Å²) in [5, 5.41) is 17.6. The first-order valence-corrected chi connectivity index (χ1v) is 12.7. The molecule has 0 unspecified atom stereocenters. The molecule has 0 aliphatic carbocycles. The molecule has 0 saturated carbocycles. The third-order valence-electron chi connectivity index (χ3n) is 5.57. The first kappa shape index (κ1) is 25.2. The Morgan fingerprint density at radius 3 is 2.71 bits per heavy atom. The van der Waals surface area contributed by atoms with Crippen molar-refractivity contribution in [3.05, 3.63) is 77.0 Å². The van der Waals surface area contributed by atoms with Gasteiger partial charge in [-0.15, -0.1) is 5.10 Å². The summed E-state index contributed by atoms with van der Waals surface area (Å²) in [6.45, 7) is 0.696. The number of halogens is 1. The van der Waals surface area contributed by atoms with Crippen LogP contribution < -0.4 is 21.5 Å².